The number of phenols is 2. The van der Waals surface area contributed by atoms with Crippen LogP contribution in [0.2, 0.25) is 0 Å². The average Bonchev–Trinajstić information content (AvgIpc) is 2.32. The minimum absolute atomic E-state index is 0.143. The van der Waals surface area contributed by atoms with Gasteiger partial charge in [-0.15, -0.1) is 0 Å². The molecule has 0 aromatic heterocycles. The molecule has 0 bridgehead atoms. The second-order valence-electron chi connectivity index (χ2n) is 4.11. The maximum absolute atomic E-state index is 12.0. The number of benzene rings is 1. The van der Waals surface area contributed by atoms with Crippen LogP contribution in [0.5, 0.6) is 11.5 Å². The van der Waals surface area contributed by atoms with Crippen molar-refractivity contribution in [1.82, 2.24) is 4.90 Å². The van der Waals surface area contributed by atoms with E-state index in [0.717, 1.165) is 19.3 Å². The lowest BCUT2D eigenvalue weighted by Crippen LogP contribution is -2.27. The van der Waals surface area contributed by atoms with Crippen molar-refractivity contribution >= 4 is 5.91 Å². The predicted molar refractivity (Wildman–Crippen MR) is 66.3 cm³/mol. The third kappa shape index (κ3) is 3.37. The molecular weight excluding hydrogens is 218 g/mol. The Balaban J connectivity index is 2.71. The first-order valence-electron chi connectivity index (χ1n) is 5.84. The van der Waals surface area contributed by atoms with Crippen molar-refractivity contribution in [3.8, 4) is 11.5 Å². The van der Waals surface area contributed by atoms with Crippen LogP contribution in [0.4, 0.5) is 0 Å². The van der Waals surface area contributed by atoms with Crippen molar-refractivity contribution in [1.29, 1.82) is 0 Å². The van der Waals surface area contributed by atoms with Gasteiger partial charge in [-0.2, -0.15) is 0 Å². The number of carbonyl (C=O) groups is 1. The Morgan fingerprint density at radius 3 is 2.65 bits per heavy atom. The summed E-state index contributed by atoms with van der Waals surface area (Å²) in [7, 11) is 1.70. The molecule has 0 saturated carbocycles. The number of rotatable bonds is 5. The monoisotopic (exact) mass is 237 g/mol. The lowest BCUT2D eigenvalue weighted by molar-refractivity contribution is 0.0789. The smallest absolute Gasteiger partial charge is 0.257 e. The second-order valence-corrected chi connectivity index (χ2v) is 4.11. The number of phenolic OH excluding ortho intramolecular Hbond substituents is 2. The number of carbonyl (C=O) groups excluding carboxylic acids is 1. The SMILES string of the molecule is CCCCCN(C)C(=O)c1cccc(O)c1O. The topological polar surface area (TPSA) is 60.8 Å². The van der Waals surface area contributed by atoms with Crippen LogP contribution in [0.1, 0.15) is 36.5 Å². The second kappa shape index (κ2) is 6.13. The van der Waals surface area contributed by atoms with Gasteiger partial charge in [0, 0.05) is 13.6 Å². The van der Waals surface area contributed by atoms with Crippen molar-refractivity contribution < 1.29 is 15.0 Å². The zero-order valence-corrected chi connectivity index (χ0v) is 10.3. The minimum Gasteiger partial charge on any atom is -0.504 e. The Kier molecular flexibility index (Phi) is 4.82. The Morgan fingerprint density at radius 2 is 2.00 bits per heavy atom. The molecule has 0 atom stereocenters. The highest BCUT2D eigenvalue weighted by Crippen LogP contribution is 2.28. The zero-order valence-electron chi connectivity index (χ0n) is 10.3. The Hall–Kier alpha value is -1.71. The van der Waals surface area contributed by atoms with Crippen molar-refractivity contribution in [2.45, 2.75) is 26.2 Å². The molecule has 94 valence electrons. The lowest BCUT2D eigenvalue weighted by Gasteiger charge is -2.17. The summed E-state index contributed by atoms with van der Waals surface area (Å²) in [5.41, 5.74) is 0.143. The van der Waals surface area contributed by atoms with Gasteiger partial charge < -0.3 is 15.1 Å². The molecule has 2 N–H and O–H groups in total. The zero-order chi connectivity index (χ0) is 12.8. The molecule has 1 aromatic carbocycles. The summed E-state index contributed by atoms with van der Waals surface area (Å²) in [6, 6.07) is 4.40. The molecule has 0 aliphatic carbocycles. The highest BCUT2D eigenvalue weighted by molar-refractivity contribution is 5.97. The molecule has 0 heterocycles. The number of hydrogen-bond donors (Lipinski definition) is 2. The fourth-order valence-electron chi connectivity index (χ4n) is 1.61. The van der Waals surface area contributed by atoms with Gasteiger partial charge in [0.05, 0.1) is 5.56 Å². The normalized spacial score (nSPS) is 10.2. The van der Waals surface area contributed by atoms with Crippen LogP contribution in [0.15, 0.2) is 18.2 Å². The van der Waals surface area contributed by atoms with E-state index in [-0.39, 0.29) is 23.0 Å². The minimum atomic E-state index is -0.347. The van der Waals surface area contributed by atoms with Gasteiger partial charge in [0.2, 0.25) is 0 Å². The molecule has 1 aromatic rings. The number of nitrogens with zero attached hydrogens (tertiary/aromatic N) is 1. The number of hydrogen-bond acceptors (Lipinski definition) is 3. The number of unbranched alkanes of at least 4 members (excludes halogenated alkanes) is 2. The summed E-state index contributed by atoms with van der Waals surface area (Å²) >= 11 is 0. The fourth-order valence-corrected chi connectivity index (χ4v) is 1.61. The highest BCUT2D eigenvalue weighted by Gasteiger charge is 2.17. The number of amides is 1. The van der Waals surface area contributed by atoms with Gasteiger partial charge >= 0.3 is 0 Å². The molecule has 0 aliphatic rings. The first-order chi connectivity index (χ1) is 8.07. The summed E-state index contributed by atoms with van der Waals surface area (Å²) in [5, 5.41) is 18.9. The van der Waals surface area contributed by atoms with Crippen LogP contribution in [0.3, 0.4) is 0 Å². The van der Waals surface area contributed by atoms with Crippen molar-refractivity contribution in [3.63, 3.8) is 0 Å². The molecule has 0 radical (unpaired) electrons. The molecular formula is C13H19NO3. The van der Waals surface area contributed by atoms with Crippen molar-refractivity contribution in [2.24, 2.45) is 0 Å². The van der Waals surface area contributed by atoms with E-state index in [1.165, 1.54) is 12.1 Å². The summed E-state index contributed by atoms with van der Waals surface area (Å²) in [6.07, 6.45) is 3.11. The van der Waals surface area contributed by atoms with Crippen molar-refractivity contribution in [2.75, 3.05) is 13.6 Å². The van der Waals surface area contributed by atoms with Gasteiger partial charge in [-0.3, -0.25) is 4.79 Å². The van der Waals surface area contributed by atoms with E-state index in [0.29, 0.717) is 6.54 Å². The molecule has 0 spiro atoms. The predicted octanol–water partition coefficient (Wildman–Crippen LogP) is 2.36. The molecule has 1 amide bonds. The van der Waals surface area contributed by atoms with Crippen LogP contribution in [0, 0.1) is 0 Å². The van der Waals surface area contributed by atoms with E-state index in [1.54, 1.807) is 18.0 Å². The maximum atomic E-state index is 12.0. The largest absolute Gasteiger partial charge is 0.504 e. The molecule has 0 fully saturated rings. The Labute approximate surface area is 101 Å². The highest BCUT2D eigenvalue weighted by atomic mass is 16.3. The van der Waals surface area contributed by atoms with E-state index in [2.05, 4.69) is 6.92 Å². The molecule has 0 unspecified atom stereocenters. The van der Waals surface area contributed by atoms with Gasteiger partial charge in [-0.05, 0) is 18.6 Å². The third-order valence-electron chi connectivity index (χ3n) is 2.69. The van der Waals surface area contributed by atoms with Gasteiger partial charge in [0.25, 0.3) is 5.91 Å². The molecule has 1 rings (SSSR count). The molecule has 17 heavy (non-hydrogen) atoms. The lowest BCUT2D eigenvalue weighted by atomic mass is 10.1. The molecule has 4 nitrogen and oxygen atoms in total. The Morgan fingerprint density at radius 1 is 1.29 bits per heavy atom. The van der Waals surface area contributed by atoms with E-state index >= 15 is 0 Å². The van der Waals surface area contributed by atoms with Gasteiger partial charge in [0.15, 0.2) is 11.5 Å². The van der Waals surface area contributed by atoms with Gasteiger partial charge in [-0.1, -0.05) is 25.8 Å². The first-order valence-corrected chi connectivity index (χ1v) is 5.84. The van der Waals surface area contributed by atoms with E-state index < -0.39 is 0 Å². The standard InChI is InChI=1S/C13H19NO3/c1-3-4-5-9-14(2)13(17)10-7-6-8-11(15)12(10)16/h6-8,15-16H,3-5,9H2,1-2H3. The first kappa shape index (κ1) is 13.4. The van der Waals surface area contributed by atoms with E-state index in [1.807, 2.05) is 0 Å². The third-order valence-corrected chi connectivity index (χ3v) is 2.69. The van der Waals surface area contributed by atoms with Gasteiger partial charge in [-0.25, -0.2) is 0 Å². The van der Waals surface area contributed by atoms with Crippen LogP contribution in [-0.4, -0.2) is 34.6 Å². The van der Waals surface area contributed by atoms with E-state index in [4.69, 9.17) is 0 Å². The van der Waals surface area contributed by atoms with E-state index in [9.17, 15) is 15.0 Å². The van der Waals surface area contributed by atoms with Crippen LogP contribution in [-0.2, 0) is 0 Å². The summed E-state index contributed by atoms with van der Waals surface area (Å²) < 4.78 is 0. The van der Waals surface area contributed by atoms with Crippen LogP contribution >= 0.6 is 0 Å². The number of para-hydroxylation sites is 1. The van der Waals surface area contributed by atoms with Crippen LogP contribution < -0.4 is 0 Å². The molecule has 0 aliphatic heterocycles. The fraction of sp³-hybridized carbons (Fsp3) is 0.462. The average molecular weight is 237 g/mol. The quantitative estimate of drug-likeness (QED) is 0.610. The van der Waals surface area contributed by atoms with Crippen LogP contribution in [0.25, 0.3) is 0 Å². The maximum Gasteiger partial charge on any atom is 0.257 e. The Bertz CT molecular complexity index is 390. The number of aromatic hydroxyl groups is 2. The van der Waals surface area contributed by atoms with Crippen molar-refractivity contribution in [3.05, 3.63) is 23.8 Å². The molecule has 4 heteroatoms. The summed E-state index contributed by atoms with van der Waals surface area (Å²) in [6.45, 7) is 2.75. The summed E-state index contributed by atoms with van der Waals surface area (Å²) in [5.74, 6) is -0.882. The summed E-state index contributed by atoms with van der Waals surface area (Å²) in [4.78, 5) is 13.5. The molecule has 0 saturated heterocycles. The van der Waals surface area contributed by atoms with Gasteiger partial charge in [0.1, 0.15) is 0 Å².